The number of hydrogen-bond acceptors (Lipinski definition) is 4. The van der Waals surface area contributed by atoms with Gasteiger partial charge in [-0.05, 0) is 12.3 Å². The lowest BCUT2D eigenvalue weighted by molar-refractivity contribution is -0.143. The fourth-order valence-electron chi connectivity index (χ4n) is 1.06. The quantitative estimate of drug-likeness (QED) is 0.672. The summed E-state index contributed by atoms with van der Waals surface area (Å²) in [7, 11) is -2.14. The van der Waals surface area contributed by atoms with Crippen molar-refractivity contribution in [2.24, 2.45) is 5.92 Å². The predicted octanol–water partition coefficient (Wildman–Crippen LogP) is 0.123. The van der Waals surface area contributed by atoms with Crippen molar-refractivity contribution in [1.29, 1.82) is 0 Å². The highest BCUT2D eigenvalue weighted by Crippen LogP contribution is 2.06. The first-order valence-electron chi connectivity index (χ1n) is 4.31. The number of sulfonamides is 1. The van der Waals surface area contributed by atoms with E-state index < -0.39 is 22.0 Å². The number of ether oxygens (including phenoxy) is 1. The van der Waals surface area contributed by atoms with Crippen molar-refractivity contribution in [1.82, 2.24) is 4.72 Å². The first-order valence-corrected chi connectivity index (χ1v) is 6.20. The van der Waals surface area contributed by atoms with Gasteiger partial charge in [-0.25, -0.2) is 13.1 Å². The third-order valence-corrected chi connectivity index (χ3v) is 2.26. The van der Waals surface area contributed by atoms with E-state index >= 15 is 0 Å². The molecule has 0 rings (SSSR count). The molecule has 0 saturated heterocycles. The molecule has 1 N–H and O–H groups in total. The van der Waals surface area contributed by atoms with Gasteiger partial charge in [-0.1, -0.05) is 13.8 Å². The summed E-state index contributed by atoms with van der Waals surface area (Å²) in [4.78, 5) is 11.2. The third-order valence-electron chi connectivity index (χ3n) is 1.55. The van der Waals surface area contributed by atoms with Crippen LogP contribution in [0.4, 0.5) is 0 Å². The maximum absolute atomic E-state index is 11.2. The molecule has 5 nitrogen and oxygen atoms in total. The Morgan fingerprint density at radius 1 is 1.43 bits per heavy atom. The van der Waals surface area contributed by atoms with Crippen molar-refractivity contribution in [3.8, 4) is 0 Å². The number of nitrogens with one attached hydrogen (secondary N) is 1. The van der Waals surface area contributed by atoms with Crippen LogP contribution in [0, 0.1) is 5.92 Å². The molecule has 0 radical (unpaired) electrons. The number of esters is 1. The molecule has 0 aliphatic carbocycles. The molecule has 0 fully saturated rings. The molecule has 1 atom stereocenters. The molecule has 0 saturated carbocycles. The lowest BCUT2D eigenvalue weighted by atomic mass is 10.1. The van der Waals surface area contributed by atoms with Crippen LogP contribution in [0.15, 0.2) is 0 Å². The van der Waals surface area contributed by atoms with Crippen molar-refractivity contribution < 1.29 is 17.9 Å². The van der Waals surface area contributed by atoms with Crippen LogP contribution in [-0.2, 0) is 19.6 Å². The molecule has 6 heteroatoms. The van der Waals surface area contributed by atoms with Crippen LogP contribution in [0.3, 0.4) is 0 Å². The predicted molar refractivity (Wildman–Crippen MR) is 53.2 cm³/mol. The fraction of sp³-hybridized carbons (Fsp3) is 0.875. The highest BCUT2D eigenvalue weighted by molar-refractivity contribution is 7.88. The van der Waals surface area contributed by atoms with Crippen molar-refractivity contribution in [2.45, 2.75) is 26.3 Å². The normalized spacial score (nSPS) is 14.1. The molecule has 0 unspecified atom stereocenters. The zero-order chi connectivity index (χ0) is 11.4. The van der Waals surface area contributed by atoms with Crippen LogP contribution in [0.25, 0.3) is 0 Å². The van der Waals surface area contributed by atoms with E-state index in [2.05, 4.69) is 9.46 Å². The fourth-order valence-corrected chi connectivity index (χ4v) is 1.77. The van der Waals surface area contributed by atoms with Crippen LogP contribution >= 0.6 is 0 Å². The second-order valence-electron chi connectivity index (χ2n) is 3.60. The van der Waals surface area contributed by atoms with E-state index in [1.807, 2.05) is 13.8 Å². The minimum Gasteiger partial charge on any atom is -0.468 e. The summed E-state index contributed by atoms with van der Waals surface area (Å²) in [6.07, 6.45) is 1.45. The Morgan fingerprint density at radius 2 is 1.93 bits per heavy atom. The van der Waals surface area contributed by atoms with Gasteiger partial charge >= 0.3 is 5.97 Å². The number of carbonyl (C=O) groups is 1. The molecule has 0 aromatic carbocycles. The molecular formula is C8H17NO4S. The highest BCUT2D eigenvalue weighted by atomic mass is 32.2. The summed E-state index contributed by atoms with van der Waals surface area (Å²) in [5, 5.41) is 0. The summed E-state index contributed by atoms with van der Waals surface area (Å²) in [5.41, 5.74) is 0. The van der Waals surface area contributed by atoms with Crippen LogP contribution in [-0.4, -0.2) is 33.8 Å². The van der Waals surface area contributed by atoms with E-state index in [9.17, 15) is 13.2 Å². The highest BCUT2D eigenvalue weighted by Gasteiger charge is 2.23. The molecule has 84 valence electrons. The van der Waals surface area contributed by atoms with Gasteiger partial charge in [0.15, 0.2) is 0 Å². The number of methoxy groups -OCH3 is 1. The zero-order valence-electron chi connectivity index (χ0n) is 8.90. The summed E-state index contributed by atoms with van der Waals surface area (Å²) >= 11 is 0. The Morgan fingerprint density at radius 3 is 2.21 bits per heavy atom. The number of carbonyl (C=O) groups excluding carboxylic acids is 1. The number of rotatable bonds is 5. The van der Waals surface area contributed by atoms with Crippen LogP contribution in [0.2, 0.25) is 0 Å². The average Bonchev–Trinajstić information content (AvgIpc) is 1.98. The lowest BCUT2D eigenvalue weighted by Crippen LogP contribution is -2.41. The zero-order valence-corrected chi connectivity index (χ0v) is 9.72. The molecular weight excluding hydrogens is 206 g/mol. The van der Waals surface area contributed by atoms with Crippen molar-refractivity contribution in [3.63, 3.8) is 0 Å². The van der Waals surface area contributed by atoms with Gasteiger partial charge in [-0.3, -0.25) is 4.79 Å². The van der Waals surface area contributed by atoms with Crippen molar-refractivity contribution >= 4 is 16.0 Å². The Labute approximate surface area is 84.9 Å². The average molecular weight is 223 g/mol. The van der Waals surface area contributed by atoms with E-state index in [1.54, 1.807) is 0 Å². The van der Waals surface area contributed by atoms with Gasteiger partial charge in [0, 0.05) is 0 Å². The summed E-state index contributed by atoms with van der Waals surface area (Å²) in [6.45, 7) is 3.81. The van der Waals surface area contributed by atoms with Crippen LogP contribution in [0.1, 0.15) is 20.3 Å². The van der Waals surface area contributed by atoms with E-state index in [0.717, 1.165) is 6.26 Å². The summed E-state index contributed by atoms with van der Waals surface area (Å²) in [6, 6.07) is -0.782. The topological polar surface area (TPSA) is 72.5 Å². The molecule has 0 aliphatic rings. The van der Waals surface area contributed by atoms with Gasteiger partial charge < -0.3 is 4.74 Å². The third kappa shape index (κ3) is 5.93. The largest absolute Gasteiger partial charge is 0.468 e. The first kappa shape index (κ1) is 13.4. The van der Waals surface area contributed by atoms with Gasteiger partial charge in [0.05, 0.1) is 13.4 Å². The van der Waals surface area contributed by atoms with Crippen molar-refractivity contribution in [3.05, 3.63) is 0 Å². The van der Waals surface area contributed by atoms with Gasteiger partial charge in [0.25, 0.3) is 0 Å². The Bertz CT molecular complexity index is 284. The van der Waals surface area contributed by atoms with Crippen LogP contribution < -0.4 is 4.72 Å². The lowest BCUT2D eigenvalue weighted by Gasteiger charge is -2.16. The monoisotopic (exact) mass is 223 g/mol. The summed E-state index contributed by atoms with van der Waals surface area (Å²) < 4.78 is 28.6. The van der Waals surface area contributed by atoms with Gasteiger partial charge in [-0.2, -0.15) is 0 Å². The number of hydrogen-bond donors (Lipinski definition) is 1. The SMILES string of the molecule is COC(=O)[C@H](CC(C)C)NS(C)(=O)=O. The second kappa shape index (κ2) is 5.31. The molecule has 14 heavy (non-hydrogen) atoms. The Kier molecular flexibility index (Phi) is 5.07. The van der Waals surface area contributed by atoms with E-state index in [4.69, 9.17) is 0 Å². The minimum atomic E-state index is -3.37. The molecule has 0 heterocycles. The van der Waals surface area contributed by atoms with Gasteiger partial charge in [0.1, 0.15) is 6.04 Å². The molecule has 0 bridgehead atoms. The standard InChI is InChI=1S/C8H17NO4S/c1-6(2)5-7(8(10)13-3)9-14(4,11)12/h6-7,9H,5H2,1-4H3/t7-/m0/s1. The van der Waals surface area contributed by atoms with Gasteiger partial charge in [0.2, 0.25) is 10.0 Å². The minimum absolute atomic E-state index is 0.216. The van der Waals surface area contributed by atoms with Crippen LogP contribution in [0.5, 0.6) is 0 Å². The van der Waals surface area contributed by atoms with E-state index in [0.29, 0.717) is 6.42 Å². The molecule has 0 aliphatic heterocycles. The smallest absolute Gasteiger partial charge is 0.323 e. The molecule has 0 aromatic rings. The first-order chi connectivity index (χ1) is 6.26. The maximum atomic E-state index is 11.2. The van der Waals surface area contributed by atoms with Crippen molar-refractivity contribution in [2.75, 3.05) is 13.4 Å². The maximum Gasteiger partial charge on any atom is 0.323 e. The Balaban J connectivity index is 4.48. The second-order valence-corrected chi connectivity index (χ2v) is 5.38. The Hall–Kier alpha value is -0.620. The summed E-state index contributed by atoms with van der Waals surface area (Å²) in [5.74, 6) is -0.336. The molecule has 0 amide bonds. The molecule has 0 aromatic heterocycles. The van der Waals surface area contributed by atoms with E-state index in [1.165, 1.54) is 7.11 Å². The van der Waals surface area contributed by atoms with E-state index in [-0.39, 0.29) is 5.92 Å². The molecule has 0 spiro atoms. The van der Waals surface area contributed by atoms with Gasteiger partial charge in [-0.15, -0.1) is 0 Å².